The van der Waals surface area contributed by atoms with Gasteiger partial charge in [-0.3, -0.25) is 4.68 Å². The average Bonchev–Trinajstić information content (AvgIpc) is 2.46. The third kappa shape index (κ3) is 2.06. The van der Waals surface area contributed by atoms with Crippen LogP contribution in [0.25, 0.3) is 0 Å². The third-order valence-electron chi connectivity index (χ3n) is 2.10. The molecule has 74 valence electrons. The molecule has 13 heavy (non-hydrogen) atoms. The Bertz CT molecular complexity index is 277. The van der Waals surface area contributed by atoms with Crippen LogP contribution in [-0.4, -0.2) is 14.8 Å². The summed E-state index contributed by atoms with van der Waals surface area (Å²) in [4.78, 5) is 4.41. The van der Waals surface area contributed by atoms with Crippen molar-refractivity contribution in [2.45, 2.75) is 39.2 Å². The second-order valence-electron chi connectivity index (χ2n) is 3.62. The van der Waals surface area contributed by atoms with Crippen LogP contribution in [0.4, 0.5) is 0 Å². The highest BCUT2D eigenvalue weighted by molar-refractivity contribution is 5.00. The number of rotatable bonds is 3. The monoisotopic (exact) mass is 182 g/mol. The van der Waals surface area contributed by atoms with E-state index in [-0.39, 0.29) is 6.04 Å². The first-order chi connectivity index (χ1) is 6.06. The third-order valence-corrected chi connectivity index (χ3v) is 2.10. The number of hydrogen-bond acceptors (Lipinski definition) is 3. The zero-order chi connectivity index (χ0) is 10.0. The first kappa shape index (κ1) is 10.2. The molecule has 0 radical (unpaired) electrons. The van der Waals surface area contributed by atoms with E-state index in [1.807, 2.05) is 14.0 Å². The van der Waals surface area contributed by atoms with Crippen LogP contribution in [0.15, 0.2) is 0 Å². The molecule has 1 aromatic rings. The SMILES string of the molecule is CCC(N)c1nc(C(C)C)nn1C. The molecule has 1 aromatic heterocycles. The van der Waals surface area contributed by atoms with Gasteiger partial charge in [-0.05, 0) is 6.42 Å². The van der Waals surface area contributed by atoms with Crippen LogP contribution < -0.4 is 5.73 Å². The number of nitrogens with zero attached hydrogens (tertiary/aromatic N) is 3. The van der Waals surface area contributed by atoms with E-state index in [2.05, 4.69) is 23.9 Å². The number of aromatic nitrogens is 3. The van der Waals surface area contributed by atoms with Crippen LogP contribution in [0.3, 0.4) is 0 Å². The Kier molecular flexibility index (Phi) is 3.03. The van der Waals surface area contributed by atoms with Crippen molar-refractivity contribution >= 4 is 0 Å². The van der Waals surface area contributed by atoms with Crippen LogP contribution >= 0.6 is 0 Å². The molecule has 1 rings (SSSR count). The Labute approximate surface area is 79.2 Å². The molecule has 0 spiro atoms. The van der Waals surface area contributed by atoms with Gasteiger partial charge in [0.1, 0.15) is 5.82 Å². The maximum Gasteiger partial charge on any atom is 0.153 e. The van der Waals surface area contributed by atoms with Gasteiger partial charge in [0.25, 0.3) is 0 Å². The fraction of sp³-hybridized carbons (Fsp3) is 0.778. The predicted octanol–water partition coefficient (Wildman–Crippen LogP) is 1.35. The summed E-state index contributed by atoms with van der Waals surface area (Å²) < 4.78 is 1.78. The summed E-state index contributed by atoms with van der Waals surface area (Å²) in [5.74, 6) is 2.12. The van der Waals surface area contributed by atoms with Crippen molar-refractivity contribution < 1.29 is 0 Å². The maximum absolute atomic E-state index is 5.89. The maximum atomic E-state index is 5.89. The lowest BCUT2D eigenvalue weighted by molar-refractivity contribution is 0.589. The Hall–Kier alpha value is -0.900. The zero-order valence-electron chi connectivity index (χ0n) is 8.78. The fourth-order valence-electron chi connectivity index (χ4n) is 1.17. The van der Waals surface area contributed by atoms with Gasteiger partial charge >= 0.3 is 0 Å². The topological polar surface area (TPSA) is 56.7 Å². The Balaban J connectivity index is 2.96. The summed E-state index contributed by atoms with van der Waals surface area (Å²) in [6.45, 7) is 6.21. The molecule has 0 bridgehead atoms. The van der Waals surface area contributed by atoms with Gasteiger partial charge in [-0.25, -0.2) is 4.98 Å². The molecule has 0 saturated heterocycles. The van der Waals surface area contributed by atoms with E-state index in [9.17, 15) is 0 Å². The Morgan fingerprint density at radius 3 is 2.46 bits per heavy atom. The van der Waals surface area contributed by atoms with Crippen molar-refractivity contribution in [1.82, 2.24) is 14.8 Å². The molecule has 1 unspecified atom stereocenters. The summed E-state index contributed by atoms with van der Waals surface area (Å²) in [7, 11) is 1.89. The summed E-state index contributed by atoms with van der Waals surface area (Å²) in [6.07, 6.45) is 0.893. The van der Waals surface area contributed by atoms with E-state index in [4.69, 9.17) is 5.73 Å². The minimum atomic E-state index is 0.00463. The summed E-state index contributed by atoms with van der Waals surface area (Å²) in [5, 5.41) is 4.30. The van der Waals surface area contributed by atoms with Gasteiger partial charge in [0.2, 0.25) is 0 Å². The molecule has 0 fully saturated rings. The quantitative estimate of drug-likeness (QED) is 0.767. The van der Waals surface area contributed by atoms with Gasteiger partial charge in [-0.15, -0.1) is 0 Å². The molecule has 2 N–H and O–H groups in total. The lowest BCUT2D eigenvalue weighted by Crippen LogP contribution is -2.14. The smallest absolute Gasteiger partial charge is 0.153 e. The molecule has 0 aliphatic carbocycles. The van der Waals surface area contributed by atoms with Crippen LogP contribution in [0.1, 0.15) is 50.8 Å². The van der Waals surface area contributed by atoms with Crippen molar-refractivity contribution in [3.8, 4) is 0 Å². The van der Waals surface area contributed by atoms with E-state index in [0.717, 1.165) is 18.1 Å². The van der Waals surface area contributed by atoms with Crippen molar-refractivity contribution in [1.29, 1.82) is 0 Å². The first-order valence-corrected chi connectivity index (χ1v) is 4.72. The summed E-state index contributed by atoms with van der Waals surface area (Å²) in [6, 6.07) is 0.00463. The second-order valence-corrected chi connectivity index (χ2v) is 3.62. The van der Waals surface area contributed by atoms with Crippen LogP contribution in [0, 0.1) is 0 Å². The fourth-order valence-corrected chi connectivity index (χ4v) is 1.17. The molecule has 4 heteroatoms. The lowest BCUT2D eigenvalue weighted by Gasteiger charge is -2.05. The highest BCUT2D eigenvalue weighted by Gasteiger charge is 2.14. The van der Waals surface area contributed by atoms with Gasteiger partial charge in [-0.1, -0.05) is 20.8 Å². The van der Waals surface area contributed by atoms with Crippen molar-refractivity contribution in [3.63, 3.8) is 0 Å². The van der Waals surface area contributed by atoms with Gasteiger partial charge in [0.15, 0.2) is 5.82 Å². The average molecular weight is 182 g/mol. The molecule has 0 amide bonds. The van der Waals surface area contributed by atoms with E-state index in [0.29, 0.717) is 5.92 Å². The molecule has 0 aromatic carbocycles. The normalized spacial score (nSPS) is 13.7. The van der Waals surface area contributed by atoms with Gasteiger partial charge in [-0.2, -0.15) is 5.10 Å². The van der Waals surface area contributed by atoms with Crippen LogP contribution in [0.2, 0.25) is 0 Å². The second kappa shape index (κ2) is 3.87. The lowest BCUT2D eigenvalue weighted by atomic mass is 10.2. The van der Waals surface area contributed by atoms with Crippen LogP contribution in [0.5, 0.6) is 0 Å². The number of hydrogen-bond donors (Lipinski definition) is 1. The van der Waals surface area contributed by atoms with E-state index in [1.54, 1.807) is 4.68 Å². The van der Waals surface area contributed by atoms with E-state index < -0.39 is 0 Å². The van der Waals surface area contributed by atoms with Crippen molar-refractivity contribution in [3.05, 3.63) is 11.6 Å². The van der Waals surface area contributed by atoms with Gasteiger partial charge in [0, 0.05) is 13.0 Å². The molecule has 1 heterocycles. The highest BCUT2D eigenvalue weighted by atomic mass is 15.3. The molecule has 4 nitrogen and oxygen atoms in total. The van der Waals surface area contributed by atoms with Crippen molar-refractivity contribution in [2.24, 2.45) is 12.8 Å². The molecule has 0 aliphatic heterocycles. The van der Waals surface area contributed by atoms with Crippen LogP contribution in [-0.2, 0) is 7.05 Å². The minimum Gasteiger partial charge on any atom is -0.321 e. The molecule has 0 saturated carbocycles. The Morgan fingerprint density at radius 1 is 1.46 bits per heavy atom. The van der Waals surface area contributed by atoms with Crippen molar-refractivity contribution in [2.75, 3.05) is 0 Å². The molecule has 1 atom stereocenters. The van der Waals surface area contributed by atoms with Gasteiger partial charge in [0.05, 0.1) is 6.04 Å². The number of aryl methyl sites for hydroxylation is 1. The highest BCUT2D eigenvalue weighted by Crippen LogP contribution is 2.14. The minimum absolute atomic E-state index is 0.00463. The predicted molar refractivity (Wildman–Crippen MR) is 52.3 cm³/mol. The zero-order valence-corrected chi connectivity index (χ0v) is 8.78. The van der Waals surface area contributed by atoms with Gasteiger partial charge < -0.3 is 5.73 Å². The summed E-state index contributed by atoms with van der Waals surface area (Å²) in [5.41, 5.74) is 5.89. The van der Waals surface area contributed by atoms with E-state index >= 15 is 0 Å². The summed E-state index contributed by atoms with van der Waals surface area (Å²) >= 11 is 0. The molecular formula is C9H18N4. The molecule has 0 aliphatic rings. The molecular weight excluding hydrogens is 164 g/mol. The first-order valence-electron chi connectivity index (χ1n) is 4.72. The van der Waals surface area contributed by atoms with E-state index in [1.165, 1.54) is 0 Å². The standard InChI is InChI=1S/C9H18N4/c1-5-7(10)9-11-8(6(2)3)12-13(9)4/h6-7H,5,10H2,1-4H3. The Morgan fingerprint density at radius 2 is 2.08 bits per heavy atom. The largest absolute Gasteiger partial charge is 0.321 e. The number of nitrogens with two attached hydrogens (primary N) is 1.